The van der Waals surface area contributed by atoms with Crippen LogP contribution in [0, 0.1) is 25.2 Å². The van der Waals surface area contributed by atoms with Crippen LogP contribution in [-0.2, 0) is 14.3 Å². The molecule has 1 aliphatic carbocycles. The molecule has 1 aromatic heterocycles. The first kappa shape index (κ1) is 20.3. The van der Waals surface area contributed by atoms with Crippen molar-refractivity contribution in [3.63, 3.8) is 0 Å². The Bertz CT molecular complexity index is 944. The summed E-state index contributed by atoms with van der Waals surface area (Å²) >= 11 is 6.05. The molecule has 0 saturated heterocycles. The Balaban J connectivity index is 2.24. The maximum absolute atomic E-state index is 12.7. The van der Waals surface area contributed by atoms with Crippen LogP contribution in [-0.4, -0.2) is 23.7 Å². The van der Waals surface area contributed by atoms with E-state index < -0.39 is 12.1 Å². The van der Waals surface area contributed by atoms with E-state index in [-0.39, 0.29) is 5.60 Å². The quantitative estimate of drug-likeness (QED) is 0.658. The van der Waals surface area contributed by atoms with Crippen LogP contribution in [0.15, 0.2) is 24.3 Å². The smallest absolute Gasteiger partial charge is 0.339 e. The lowest BCUT2D eigenvalue weighted by Gasteiger charge is -2.41. The van der Waals surface area contributed by atoms with E-state index in [0.717, 1.165) is 30.4 Å². The summed E-state index contributed by atoms with van der Waals surface area (Å²) < 4.78 is 11.3. The van der Waals surface area contributed by atoms with E-state index >= 15 is 0 Å². The number of halogens is 1. The van der Waals surface area contributed by atoms with Crippen molar-refractivity contribution >= 4 is 17.6 Å². The van der Waals surface area contributed by atoms with Crippen molar-refractivity contribution in [2.75, 3.05) is 7.11 Å². The van der Waals surface area contributed by atoms with Crippen LogP contribution in [0.5, 0.6) is 0 Å². The third-order valence-electron chi connectivity index (χ3n) is 5.40. The minimum absolute atomic E-state index is 0.324. The number of benzene rings is 1. The van der Waals surface area contributed by atoms with Crippen molar-refractivity contribution in [2.45, 2.75) is 51.7 Å². The van der Waals surface area contributed by atoms with Crippen molar-refractivity contribution in [3.8, 4) is 17.2 Å². The molecule has 5 nitrogen and oxygen atoms in total. The number of ether oxygens (including phenoxy) is 2. The van der Waals surface area contributed by atoms with E-state index in [1.54, 1.807) is 19.1 Å². The second-order valence-electron chi connectivity index (χ2n) is 7.40. The first-order valence-electron chi connectivity index (χ1n) is 9.22. The fraction of sp³-hybridized carbons (Fsp3) is 0.409. The third kappa shape index (κ3) is 3.76. The lowest BCUT2D eigenvalue weighted by molar-refractivity contribution is -0.177. The third-order valence-corrected chi connectivity index (χ3v) is 5.65. The molecule has 1 atom stereocenters. The first-order valence-corrected chi connectivity index (χ1v) is 9.60. The predicted octanol–water partition coefficient (Wildman–Crippen LogP) is 5.06. The Hall–Kier alpha value is -2.42. The molecule has 0 bridgehead atoms. The van der Waals surface area contributed by atoms with Gasteiger partial charge >= 0.3 is 5.97 Å². The topological polar surface area (TPSA) is 72.2 Å². The summed E-state index contributed by atoms with van der Waals surface area (Å²) in [6, 6.07) is 9.44. The predicted molar refractivity (Wildman–Crippen MR) is 107 cm³/mol. The minimum atomic E-state index is -0.917. The number of hydrogen-bond donors (Lipinski definition) is 0. The zero-order chi connectivity index (χ0) is 20.5. The number of hydrogen-bond acceptors (Lipinski definition) is 5. The fourth-order valence-corrected chi connectivity index (χ4v) is 3.77. The van der Waals surface area contributed by atoms with Crippen LogP contribution in [0.3, 0.4) is 0 Å². The number of nitrogens with zero attached hydrogens (tertiary/aromatic N) is 2. The van der Waals surface area contributed by atoms with Gasteiger partial charge < -0.3 is 9.47 Å². The molecule has 1 fully saturated rings. The van der Waals surface area contributed by atoms with Crippen molar-refractivity contribution in [2.24, 2.45) is 0 Å². The Kier molecular flexibility index (Phi) is 5.74. The molecule has 0 amide bonds. The highest BCUT2D eigenvalue weighted by Gasteiger charge is 2.40. The summed E-state index contributed by atoms with van der Waals surface area (Å²) in [7, 11) is 1.35. The van der Waals surface area contributed by atoms with E-state index in [1.807, 2.05) is 26.0 Å². The second-order valence-corrected chi connectivity index (χ2v) is 7.84. The van der Waals surface area contributed by atoms with Crippen LogP contribution < -0.4 is 0 Å². The van der Waals surface area contributed by atoms with Crippen molar-refractivity contribution in [3.05, 3.63) is 51.8 Å². The van der Waals surface area contributed by atoms with Gasteiger partial charge in [-0.3, -0.25) is 0 Å². The van der Waals surface area contributed by atoms with Crippen LogP contribution >= 0.6 is 11.6 Å². The van der Waals surface area contributed by atoms with E-state index in [2.05, 4.69) is 11.1 Å². The van der Waals surface area contributed by atoms with Gasteiger partial charge in [-0.05, 0) is 68.9 Å². The minimum Gasteiger partial charge on any atom is -0.467 e. The number of rotatable bonds is 5. The van der Waals surface area contributed by atoms with Gasteiger partial charge in [-0.25, -0.2) is 9.78 Å². The number of nitriles is 1. The monoisotopic (exact) mass is 398 g/mol. The average molecular weight is 399 g/mol. The Morgan fingerprint density at radius 1 is 1.29 bits per heavy atom. The number of carbonyl (C=O) groups is 1. The lowest BCUT2D eigenvalue weighted by atomic mass is 9.81. The molecule has 0 aliphatic heterocycles. The molecule has 1 aliphatic rings. The van der Waals surface area contributed by atoms with Gasteiger partial charge in [0.2, 0.25) is 0 Å². The van der Waals surface area contributed by atoms with Gasteiger partial charge in [-0.15, -0.1) is 0 Å². The van der Waals surface area contributed by atoms with Gasteiger partial charge in [0.15, 0.2) is 6.10 Å². The van der Waals surface area contributed by atoms with Gasteiger partial charge in [0, 0.05) is 16.3 Å². The number of esters is 1. The molecule has 3 rings (SSSR count). The molecule has 146 valence electrons. The summed E-state index contributed by atoms with van der Waals surface area (Å²) in [5, 5.41) is 10.1. The largest absolute Gasteiger partial charge is 0.467 e. The standard InChI is InChI=1S/C22H23ClN2O3/c1-13-17(12-24)25-14(2)19(18(13)15-6-8-16(23)9-7-15)20(21(26)27-4)28-22(3)10-5-11-22/h6-9,20H,5,10-11H2,1-4H3/t20-/m0/s1. The normalized spacial score (nSPS) is 16.0. The highest BCUT2D eigenvalue weighted by atomic mass is 35.5. The molecule has 28 heavy (non-hydrogen) atoms. The van der Waals surface area contributed by atoms with Crippen molar-refractivity contribution in [1.82, 2.24) is 4.98 Å². The van der Waals surface area contributed by atoms with E-state index in [9.17, 15) is 10.1 Å². The summed E-state index contributed by atoms with van der Waals surface area (Å²) in [4.78, 5) is 17.2. The fourth-order valence-electron chi connectivity index (χ4n) is 3.64. The van der Waals surface area contributed by atoms with Gasteiger partial charge in [-0.1, -0.05) is 23.7 Å². The molecule has 2 aromatic rings. The average Bonchev–Trinajstić information content (AvgIpc) is 2.66. The Labute approximate surface area is 170 Å². The number of carbonyl (C=O) groups excluding carboxylic acids is 1. The Morgan fingerprint density at radius 3 is 2.43 bits per heavy atom. The molecule has 1 aromatic carbocycles. The molecular formula is C22H23ClN2O3. The summed E-state index contributed by atoms with van der Waals surface area (Å²) in [5.41, 5.74) is 3.47. The summed E-state index contributed by atoms with van der Waals surface area (Å²) in [5.74, 6) is -0.475. The first-order chi connectivity index (χ1) is 13.3. The molecule has 1 saturated carbocycles. The van der Waals surface area contributed by atoms with E-state index in [1.165, 1.54) is 7.11 Å². The number of aromatic nitrogens is 1. The van der Waals surface area contributed by atoms with Crippen LogP contribution in [0.25, 0.3) is 11.1 Å². The van der Waals surface area contributed by atoms with Gasteiger partial charge in [0.05, 0.1) is 12.7 Å². The van der Waals surface area contributed by atoms with Crippen molar-refractivity contribution in [1.29, 1.82) is 5.26 Å². The highest BCUT2D eigenvalue weighted by molar-refractivity contribution is 6.30. The van der Waals surface area contributed by atoms with Gasteiger partial charge in [-0.2, -0.15) is 5.26 Å². The maximum Gasteiger partial charge on any atom is 0.339 e. The van der Waals surface area contributed by atoms with Crippen LogP contribution in [0.4, 0.5) is 0 Å². The zero-order valence-corrected chi connectivity index (χ0v) is 17.3. The van der Waals surface area contributed by atoms with Crippen LogP contribution in [0.1, 0.15) is 54.8 Å². The van der Waals surface area contributed by atoms with E-state index in [0.29, 0.717) is 27.5 Å². The molecule has 0 spiro atoms. The number of aryl methyl sites for hydroxylation is 1. The maximum atomic E-state index is 12.7. The summed E-state index contributed by atoms with van der Waals surface area (Å²) in [6.07, 6.45) is 1.93. The van der Waals surface area contributed by atoms with Gasteiger partial charge in [0.1, 0.15) is 11.8 Å². The van der Waals surface area contributed by atoms with E-state index in [4.69, 9.17) is 21.1 Å². The highest BCUT2D eigenvalue weighted by Crippen LogP contribution is 2.43. The molecule has 0 radical (unpaired) electrons. The lowest BCUT2D eigenvalue weighted by Crippen LogP contribution is -2.40. The molecule has 1 heterocycles. The molecular weight excluding hydrogens is 376 g/mol. The molecule has 0 unspecified atom stereocenters. The number of pyridine rings is 1. The SMILES string of the molecule is COC(=O)[C@@H](OC1(C)CCC1)c1c(C)nc(C#N)c(C)c1-c1ccc(Cl)cc1. The second kappa shape index (κ2) is 7.90. The molecule has 6 heteroatoms. The summed E-state index contributed by atoms with van der Waals surface area (Å²) in [6.45, 7) is 5.63. The van der Waals surface area contributed by atoms with Crippen LogP contribution in [0.2, 0.25) is 5.02 Å². The zero-order valence-electron chi connectivity index (χ0n) is 16.5. The van der Waals surface area contributed by atoms with Gasteiger partial charge in [0.25, 0.3) is 0 Å². The molecule has 0 N–H and O–H groups in total. The Morgan fingerprint density at radius 2 is 1.93 bits per heavy atom. The van der Waals surface area contributed by atoms with Crippen molar-refractivity contribution < 1.29 is 14.3 Å². The number of methoxy groups -OCH3 is 1.